The maximum Gasteiger partial charge on any atom is 0.337 e. The van der Waals surface area contributed by atoms with E-state index in [1.165, 1.54) is 18.9 Å². The highest BCUT2D eigenvalue weighted by Crippen LogP contribution is 2.19. The van der Waals surface area contributed by atoms with Crippen molar-refractivity contribution in [3.05, 3.63) is 60.2 Å². The molecule has 6 heteroatoms. The topological polar surface area (TPSA) is 66.9 Å². The molecule has 0 N–H and O–H groups in total. The van der Waals surface area contributed by atoms with E-state index >= 15 is 0 Å². The van der Waals surface area contributed by atoms with Crippen LogP contribution in [-0.4, -0.2) is 38.0 Å². The number of carbonyl (C=O) groups excluding carboxylic acids is 3. The number of carbonyl (C=O) groups is 3. The van der Waals surface area contributed by atoms with Gasteiger partial charge in [0.2, 0.25) is 11.8 Å². The first-order valence-corrected chi connectivity index (χ1v) is 8.29. The number of esters is 1. The Morgan fingerprint density at radius 1 is 0.923 bits per heavy atom. The van der Waals surface area contributed by atoms with Crippen molar-refractivity contribution < 1.29 is 19.1 Å². The Kier molecular flexibility index (Phi) is 6.49. The lowest BCUT2D eigenvalue weighted by molar-refractivity contribution is -0.121. The summed E-state index contributed by atoms with van der Waals surface area (Å²) in [7, 11) is 1.29. The molecule has 2 rings (SSSR count). The number of rotatable bonds is 6. The third-order valence-electron chi connectivity index (χ3n) is 3.94. The standard InChI is InChI=1S/C20H22N2O4/c1-4-21(17-10-6-5-7-11-17)19(24)14-22(15(2)23)18-12-8-9-16(13-18)20(25)26-3/h5-13H,4,14H2,1-3H3. The van der Waals surface area contributed by atoms with Gasteiger partial charge in [-0.1, -0.05) is 24.3 Å². The SMILES string of the molecule is CCN(C(=O)CN(C(C)=O)c1cccc(C(=O)OC)c1)c1ccccc1. The lowest BCUT2D eigenvalue weighted by Gasteiger charge is -2.26. The van der Waals surface area contributed by atoms with Crippen molar-refractivity contribution in [2.75, 3.05) is 30.0 Å². The number of anilines is 2. The smallest absolute Gasteiger partial charge is 0.337 e. The molecule has 0 bridgehead atoms. The lowest BCUT2D eigenvalue weighted by atomic mass is 10.2. The van der Waals surface area contributed by atoms with E-state index in [-0.39, 0.29) is 18.4 Å². The van der Waals surface area contributed by atoms with Crippen LogP contribution in [-0.2, 0) is 14.3 Å². The van der Waals surface area contributed by atoms with Gasteiger partial charge in [0, 0.05) is 24.8 Å². The van der Waals surface area contributed by atoms with E-state index in [0.29, 0.717) is 17.8 Å². The van der Waals surface area contributed by atoms with Gasteiger partial charge in [-0.15, -0.1) is 0 Å². The zero-order valence-corrected chi connectivity index (χ0v) is 15.1. The van der Waals surface area contributed by atoms with Crippen LogP contribution in [0.4, 0.5) is 11.4 Å². The quantitative estimate of drug-likeness (QED) is 0.748. The number of amides is 2. The zero-order chi connectivity index (χ0) is 19.1. The van der Waals surface area contributed by atoms with Crippen molar-refractivity contribution in [1.29, 1.82) is 0 Å². The van der Waals surface area contributed by atoms with E-state index in [1.54, 1.807) is 29.2 Å². The molecular formula is C20H22N2O4. The van der Waals surface area contributed by atoms with Gasteiger partial charge < -0.3 is 14.5 Å². The van der Waals surface area contributed by atoms with Gasteiger partial charge >= 0.3 is 5.97 Å². The molecule has 0 aliphatic rings. The van der Waals surface area contributed by atoms with Gasteiger partial charge in [-0.25, -0.2) is 4.79 Å². The van der Waals surface area contributed by atoms with Crippen LogP contribution in [0, 0.1) is 0 Å². The molecule has 0 radical (unpaired) electrons. The highest BCUT2D eigenvalue weighted by Gasteiger charge is 2.21. The normalized spacial score (nSPS) is 10.1. The summed E-state index contributed by atoms with van der Waals surface area (Å²) >= 11 is 0. The number of para-hydroxylation sites is 1. The van der Waals surface area contributed by atoms with Gasteiger partial charge in [0.15, 0.2) is 0 Å². The van der Waals surface area contributed by atoms with Gasteiger partial charge in [0.05, 0.1) is 12.7 Å². The first kappa shape index (κ1) is 19.2. The van der Waals surface area contributed by atoms with Gasteiger partial charge in [-0.3, -0.25) is 9.59 Å². The molecule has 0 unspecified atom stereocenters. The number of nitrogens with zero attached hydrogens (tertiary/aromatic N) is 2. The van der Waals surface area contributed by atoms with Gasteiger partial charge in [-0.05, 0) is 37.3 Å². The van der Waals surface area contributed by atoms with Crippen LogP contribution in [0.15, 0.2) is 54.6 Å². The zero-order valence-electron chi connectivity index (χ0n) is 15.1. The Morgan fingerprint density at radius 3 is 2.15 bits per heavy atom. The summed E-state index contributed by atoms with van der Waals surface area (Å²) in [5, 5.41) is 0. The second-order valence-corrected chi connectivity index (χ2v) is 5.62. The molecule has 0 fully saturated rings. The molecule has 2 aromatic rings. The minimum absolute atomic E-state index is 0.122. The molecule has 0 aromatic heterocycles. The van der Waals surface area contributed by atoms with E-state index in [0.717, 1.165) is 5.69 Å². The molecule has 2 amide bonds. The average Bonchev–Trinajstić information content (AvgIpc) is 2.66. The van der Waals surface area contributed by atoms with Crippen molar-refractivity contribution >= 4 is 29.2 Å². The van der Waals surface area contributed by atoms with Crippen molar-refractivity contribution in [2.24, 2.45) is 0 Å². The molecule has 136 valence electrons. The molecule has 0 heterocycles. The molecule has 0 saturated heterocycles. The van der Waals surface area contributed by atoms with Crippen LogP contribution in [0.2, 0.25) is 0 Å². The first-order valence-electron chi connectivity index (χ1n) is 8.29. The van der Waals surface area contributed by atoms with Crippen molar-refractivity contribution in [3.63, 3.8) is 0 Å². The number of likely N-dealkylation sites (N-methyl/N-ethyl adjacent to an activating group) is 1. The predicted molar refractivity (Wildman–Crippen MR) is 100 cm³/mol. The number of methoxy groups -OCH3 is 1. The van der Waals surface area contributed by atoms with Crippen molar-refractivity contribution in [2.45, 2.75) is 13.8 Å². The van der Waals surface area contributed by atoms with E-state index in [9.17, 15) is 14.4 Å². The van der Waals surface area contributed by atoms with Gasteiger partial charge in [0.25, 0.3) is 0 Å². The Labute approximate surface area is 153 Å². The molecule has 26 heavy (non-hydrogen) atoms. The second-order valence-electron chi connectivity index (χ2n) is 5.62. The molecule has 0 atom stereocenters. The Morgan fingerprint density at radius 2 is 1.58 bits per heavy atom. The Bertz CT molecular complexity index is 789. The molecule has 0 aliphatic carbocycles. The fourth-order valence-corrected chi connectivity index (χ4v) is 2.63. The maximum atomic E-state index is 12.8. The minimum Gasteiger partial charge on any atom is -0.465 e. The molecular weight excluding hydrogens is 332 g/mol. The largest absolute Gasteiger partial charge is 0.465 e. The molecule has 2 aromatic carbocycles. The summed E-state index contributed by atoms with van der Waals surface area (Å²) in [6, 6.07) is 15.7. The number of hydrogen-bond donors (Lipinski definition) is 0. The van der Waals surface area contributed by atoms with E-state index in [2.05, 4.69) is 0 Å². The minimum atomic E-state index is -0.499. The highest BCUT2D eigenvalue weighted by molar-refractivity contribution is 6.03. The lowest BCUT2D eigenvalue weighted by Crippen LogP contribution is -2.42. The molecule has 0 spiro atoms. The van der Waals surface area contributed by atoms with Crippen LogP contribution in [0.25, 0.3) is 0 Å². The fraction of sp³-hybridized carbons (Fsp3) is 0.250. The molecule has 6 nitrogen and oxygen atoms in total. The third-order valence-corrected chi connectivity index (χ3v) is 3.94. The van der Waals surface area contributed by atoms with Crippen LogP contribution in [0.3, 0.4) is 0 Å². The summed E-state index contributed by atoms with van der Waals surface area (Å²) < 4.78 is 4.71. The first-order chi connectivity index (χ1) is 12.5. The predicted octanol–water partition coefficient (Wildman–Crippen LogP) is 2.88. The average molecular weight is 354 g/mol. The summed E-state index contributed by atoms with van der Waals surface area (Å²) in [5.74, 6) is -0.997. The summed E-state index contributed by atoms with van der Waals surface area (Å²) in [5.41, 5.74) is 1.56. The van der Waals surface area contributed by atoms with Gasteiger partial charge in [0.1, 0.15) is 6.54 Å². The Balaban J connectivity index is 2.27. The monoisotopic (exact) mass is 354 g/mol. The summed E-state index contributed by atoms with van der Waals surface area (Å²) in [6.45, 7) is 3.62. The van der Waals surface area contributed by atoms with E-state index in [1.807, 2.05) is 37.3 Å². The van der Waals surface area contributed by atoms with E-state index in [4.69, 9.17) is 4.74 Å². The molecule has 0 aliphatic heterocycles. The fourth-order valence-electron chi connectivity index (χ4n) is 2.63. The van der Waals surface area contributed by atoms with Crippen LogP contribution in [0.1, 0.15) is 24.2 Å². The third kappa shape index (κ3) is 4.47. The van der Waals surface area contributed by atoms with Crippen molar-refractivity contribution in [1.82, 2.24) is 0 Å². The number of hydrogen-bond acceptors (Lipinski definition) is 4. The van der Waals surface area contributed by atoms with Crippen molar-refractivity contribution in [3.8, 4) is 0 Å². The maximum absolute atomic E-state index is 12.8. The Hall–Kier alpha value is -3.15. The second kappa shape index (κ2) is 8.80. The van der Waals surface area contributed by atoms with Crippen LogP contribution >= 0.6 is 0 Å². The summed E-state index contributed by atoms with van der Waals surface area (Å²) in [6.07, 6.45) is 0. The highest BCUT2D eigenvalue weighted by atomic mass is 16.5. The van der Waals surface area contributed by atoms with Crippen LogP contribution in [0.5, 0.6) is 0 Å². The number of benzene rings is 2. The molecule has 0 saturated carbocycles. The van der Waals surface area contributed by atoms with Crippen LogP contribution < -0.4 is 9.80 Å². The van der Waals surface area contributed by atoms with Gasteiger partial charge in [-0.2, -0.15) is 0 Å². The summed E-state index contributed by atoms with van der Waals surface area (Å²) in [4.78, 5) is 39.6. The van der Waals surface area contributed by atoms with E-state index < -0.39 is 5.97 Å². The number of ether oxygens (including phenoxy) is 1.